The largest absolute Gasteiger partial charge is 0.376 e. The van der Waals surface area contributed by atoms with Crippen molar-refractivity contribution < 1.29 is 4.74 Å². The van der Waals surface area contributed by atoms with Crippen LogP contribution in [0.5, 0.6) is 0 Å². The number of morpholine rings is 1. The third-order valence-corrected chi connectivity index (χ3v) is 2.97. The zero-order valence-electron chi connectivity index (χ0n) is 9.52. The minimum Gasteiger partial charge on any atom is -0.376 e. The molecule has 0 saturated carbocycles. The lowest BCUT2D eigenvalue weighted by atomic mass is 10.1. The van der Waals surface area contributed by atoms with Crippen LogP contribution in [0.4, 0.5) is 0 Å². The van der Waals surface area contributed by atoms with Gasteiger partial charge < -0.3 is 4.74 Å². The summed E-state index contributed by atoms with van der Waals surface area (Å²) in [5, 5.41) is 0. The molecule has 2 nitrogen and oxygen atoms in total. The Kier molecular flexibility index (Phi) is 3.39. The van der Waals surface area contributed by atoms with Gasteiger partial charge in [-0.05, 0) is 19.4 Å². The van der Waals surface area contributed by atoms with Crippen molar-refractivity contribution >= 4 is 0 Å². The zero-order valence-corrected chi connectivity index (χ0v) is 9.52. The number of rotatable bonds is 2. The molecule has 2 atom stereocenters. The van der Waals surface area contributed by atoms with Gasteiger partial charge in [-0.2, -0.15) is 0 Å². The summed E-state index contributed by atoms with van der Waals surface area (Å²) in [5.74, 6) is 0. The summed E-state index contributed by atoms with van der Waals surface area (Å²) in [7, 11) is 0. The molecule has 0 radical (unpaired) electrons. The van der Waals surface area contributed by atoms with E-state index in [2.05, 4.69) is 49.1 Å². The molecule has 15 heavy (non-hydrogen) atoms. The maximum Gasteiger partial charge on any atom is 0.0674 e. The predicted octanol–water partition coefficient (Wildman–Crippen LogP) is 2.30. The second-order valence-corrected chi connectivity index (χ2v) is 4.41. The molecule has 1 unspecified atom stereocenters. The van der Waals surface area contributed by atoms with Crippen LogP contribution in [0.25, 0.3) is 0 Å². The van der Waals surface area contributed by atoms with Crippen molar-refractivity contribution in [2.75, 3.05) is 13.2 Å². The molecule has 0 amide bonds. The smallest absolute Gasteiger partial charge is 0.0674 e. The van der Waals surface area contributed by atoms with Crippen LogP contribution in [0.2, 0.25) is 0 Å². The van der Waals surface area contributed by atoms with Crippen molar-refractivity contribution in [2.45, 2.75) is 32.5 Å². The molecule has 0 aliphatic carbocycles. The molecule has 0 aromatic heterocycles. The molecule has 1 aliphatic rings. The van der Waals surface area contributed by atoms with Crippen molar-refractivity contribution in [3.05, 3.63) is 35.9 Å². The molecular weight excluding hydrogens is 186 g/mol. The maximum atomic E-state index is 5.62. The van der Waals surface area contributed by atoms with E-state index in [0.717, 1.165) is 19.7 Å². The number of ether oxygens (including phenoxy) is 1. The molecule has 0 N–H and O–H groups in total. The van der Waals surface area contributed by atoms with E-state index < -0.39 is 0 Å². The molecule has 2 heteroatoms. The van der Waals surface area contributed by atoms with Gasteiger partial charge in [0, 0.05) is 19.1 Å². The Hall–Kier alpha value is -0.860. The van der Waals surface area contributed by atoms with Crippen molar-refractivity contribution in [3.63, 3.8) is 0 Å². The number of nitrogens with zero attached hydrogens (tertiary/aromatic N) is 1. The first kappa shape index (κ1) is 10.7. The summed E-state index contributed by atoms with van der Waals surface area (Å²) in [6.07, 6.45) is 0.366. The van der Waals surface area contributed by atoms with E-state index in [4.69, 9.17) is 4.74 Å². The van der Waals surface area contributed by atoms with Crippen molar-refractivity contribution in [1.82, 2.24) is 4.90 Å². The lowest BCUT2D eigenvalue weighted by Crippen LogP contribution is -2.46. The molecule has 1 heterocycles. The lowest BCUT2D eigenvalue weighted by Gasteiger charge is -2.36. The zero-order chi connectivity index (χ0) is 10.7. The van der Waals surface area contributed by atoms with Gasteiger partial charge in [-0.1, -0.05) is 30.3 Å². The standard InChI is InChI=1S/C13H19NO/c1-11-10-15-12(2)8-14(11)9-13-6-4-3-5-7-13/h3-7,11-12H,8-10H2,1-2H3/t11-,12?/m1/s1. The summed E-state index contributed by atoms with van der Waals surface area (Å²) >= 11 is 0. The summed E-state index contributed by atoms with van der Waals surface area (Å²) in [4.78, 5) is 2.49. The Morgan fingerprint density at radius 2 is 2.00 bits per heavy atom. The quantitative estimate of drug-likeness (QED) is 0.734. The van der Waals surface area contributed by atoms with Gasteiger partial charge in [0.2, 0.25) is 0 Å². The van der Waals surface area contributed by atoms with E-state index in [1.54, 1.807) is 0 Å². The third-order valence-electron chi connectivity index (χ3n) is 2.97. The minimum absolute atomic E-state index is 0.366. The van der Waals surface area contributed by atoms with E-state index in [1.807, 2.05) is 0 Å². The van der Waals surface area contributed by atoms with Crippen LogP contribution in [0.3, 0.4) is 0 Å². The Balaban J connectivity index is 1.98. The Morgan fingerprint density at radius 3 is 2.73 bits per heavy atom. The molecule has 1 aliphatic heterocycles. The van der Waals surface area contributed by atoms with Crippen LogP contribution in [-0.4, -0.2) is 30.2 Å². The van der Waals surface area contributed by atoms with Crippen LogP contribution in [0.15, 0.2) is 30.3 Å². The van der Waals surface area contributed by atoms with Gasteiger partial charge in [-0.15, -0.1) is 0 Å². The lowest BCUT2D eigenvalue weighted by molar-refractivity contribution is -0.0526. The second kappa shape index (κ2) is 4.77. The molecule has 1 saturated heterocycles. The first-order chi connectivity index (χ1) is 7.25. The minimum atomic E-state index is 0.366. The Labute approximate surface area is 91.9 Å². The fraction of sp³-hybridized carbons (Fsp3) is 0.538. The topological polar surface area (TPSA) is 12.5 Å². The average molecular weight is 205 g/mol. The van der Waals surface area contributed by atoms with Crippen molar-refractivity contribution in [1.29, 1.82) is 0 Å². The van der Waals surface area contributed by atoms with Gasteiger partial charge in [0.15, 0.2) is 0 Å². The van der Waals surface area contributed by atoms with Gasteiger partial charge in [-0.25, -0.2) is 0 Å². The number of benzene rings is 1. The highest BCUT2D eigenvalue weighted by Crippen LogP contribution is 2.14. The van der Waals surface area contributed by atoms with Crippen molar-refractivity contribution in [3.8, 4) is 0 Å². The number of hydrogen-bond acceptors (Lipinski definition) is 2. The van der Waals surface area contributed by atoms with Crippen LogP contribution in [0, 0.1) is 0 Å². The summed E-state index contributed by atoms with van der Waals surface area (Å²) in [6, 6.07) is 11.2. The van der Waals surface area contributed by atoms with E-state index in [-0.39, 0.29) is 0 Å². The van der Waals surface area contributed by atoms with Crippen LogP contribution in [-0.2, 0) is 11.3 Å². The van der Waals surface area contributed by atoms with Gasteiger partial charge in [0.05, 0.1) is 12.7 Å². The predicted molar refractivity (Wildman–Crippen MR) is 61.7 cm³/mol. The molecule has 2 rings (SSSR count). The van der Waals surface area contributed by atoms with Gasteiger partial charge in [-0.3, -0.25) is 4.90 Å². The molecule has 0 bridgehead atoms. The fourth-order valence-electron chi connectivity index (χ4n) is 2.01. The molecule has 1 fully saturated rings. The molecular formula is C13H19NO. The SMILES string of the molecule is CC1CN(Cc2ccccc2)[C@H](C)CO1. The van der Waals surface area contributed by atoms with E-state index >= 15 is 0 Å². The third kappa shape index (κ3) is 2.80. The van der Waals surface area contributed by atoms with Crippen LogP contribution < -0.4 is 0 Å². The molecule has 1 aromatic rings. The average Bonchev–Trinajstić information content (AvgIpc) is 2.25. The summed E-state index contributed by atoms with van der Waals surface area (Å²) in [5.41, 5.74) is 1.39. The van der Waals surface area contributed by atoms with Gasteiger partial charge in [0.25, 0.3) is 0 Å². The molecule has 1 aromatic carbocycles. The monoisotopic (exact) mass is 205 g/mol. The second-order valence-electron chi connectivity index (χ2n) is 4.41. The Bertz CT molecular complexity index is 299. The molecule has 82 valence electrons. The molecule has 0 spiro atoms. The van der Waals surface area contributed by atoms with E-state index in [1.165, 1.54) is 5.56 Å². The van der Waals surface area contributed by atoms with Crippen LogP contribution in [0.1, 0.15) is 19.4 Å². The van der Waals surface area contributed by atoms with E-state index in [0.29, 0.717) is 12.1 Å². The van der Waals surface area contributed by atoms with Gasteiger partial charge in [0.1, 0.15) is 0 Å². The first-order valence-corrected chi connectivity index (χ1v) is 5.65. The number of hydrogen-bond donors (Lipinski definition) is 0. The fourth-order valence-corrected chi connectivity index (χ4v) is 2.01. The van der Waals surface area contributed by atoms with E-state index in [9.17, 15) is 0 Å². The highest BCUT2D eigenvalue weighted by Gasteiger charge is 2.22. The maximum absolute atomic E-state index is 5.62. The van der Waals surface area contributed by atoms with Crippen LogP contribution >= 0.6 is 0 Å². The highest BCUT2D eigenvalue weighted by atomic mass is 16.5. The van der Waals surface area contributed by atoms with Crippen molar-refractivity contribution in [2.24, 2.45) is 0 Å². The first-order valence-electron chi connectivity index (χ1n) is 5.65. The summed E-state index contributed by atoms with van der Waals surface area (Å²) < 4.78 is 5.62. The highest BCUT2D eigenvalue weighted by molar-refractivity contribution is 5.14. The van der Waals surface area contributed by atoms with Gasteiger partial charge >= 0.3 is 0 Å². The normalized spacial score (nSPS) is 27.9. The summed E-state index contributed by atoms with van der Waals surface area (Å²) in [6.45, 7) is 7.30. The Morgan fingerprint density at radius 1 is 1.27 bits per heavy atom.